The van der Waals surface area contributed by atoms with Crippen molar-refractivity contribution in [3.05, 3.63) is 0 Å². The quantitative estimate of drug-likeness (QED) is 0.726. The molecule has 0 bridgehead atoms. The van der Waals surface area contributed by atoms with Gasteiger partial charge in [-0.2, -0.15) is 0 Å². The lowest BCUT2D eigenvalue weighted by Gasteiger charge is -2.34. The monoisotopic (exact) mass is 286 g/mol. The number of carboxylic acids is 1. The second-order valence-electron chi connectivity index (χ2n) is 5.79. The van der Waals surface area contributed by atoms with Gasteiger partial charge in [0.1, 0.15) is 0 Å². The van der Waals surface area contributed by atoms with E-state index < -0.39 is 11.9 Å². The number of hydrogen-bond acceptors (Lipinski definition) is 3. The normalized spacial score (nSPS) is 22.9. The molecule has 2 atom stereocenters. The molecule has 1 aliphatic rings. The first-order valence-electron chi connectivity index (χ1n) is 7.27. The maximum absolute atomic E-state index is 12.0. The topological polar surface area (TPSA) is 78.9 Å². The molecule has 116 valence electrons. The van der Waals surface area contributed by atoms with Crippen molar-refractivity contribution in [2.45, 2.75) is 39.7 Å². The molecule has 0 aliphatic carbocycles. The van der Waals surface area contributed by atoms with Crippen LogP contribution < -0.4 is 5.32 Å². The summed E-state index contributed by atoms with van der Waals surface area (Å²) in [4.78, 5) is 24.7. The Hall–Kier alpha value is -1.30. The smallest absolute Gasteiger partial charge is 0.317 e. The molecule has 6 nitrogen and oxygen atoms in total. The first kappa shape index (κ1) is 16.8. The van der Waals surface area contributed by atoms with Crippen LogP contribution in [0.3, 0.4) is 0 Å². The van der Waals surface area contributed by atoms with Crippen LogP contribution in [0, 0.1) is 11.8 Å². The summed E-state index contributed by atoms with van der Waals surface area (Å²) in [5.41, 5.74) is 0. The first-order valence-corrected chi connectivity index (χ1v) is 7.27. The lowest BCUT2D eigenvalue weighted by atomic mass is 9.91. The average molecular weight is 286 g/mol. The van der Waals surface area contributed by atoms with Crippen LogP contribution in [0.4, 0.5) is 4.79 Å². The zero-order valence-corrected chi connectivity index (χ0v) is 12.6. The summed E-state index contributed by atoms with van der Waals surface area (Å²) in [6, 6.07) is -0.174. The Labute approximate surface area is 120 Å². The van der Waals surface area contributed by atoms with Crippen molar-refractivity contribution in [1.29, 1.82) is 0 Å². The molecule has 1 saturated heterocycles. The minimum absolute atomic E-state index is 0.174. The largest absolute Gasteiger partial charge is 0.481 e. The minimum Gasteiger partial charge on any atom is -0.481 e. The van der Waals surface area contributed by atoms with E-state index in [0.717, 1.165) is 6.42 Å². The van der Waals surface area contributed by atoms with Crippen molar-refractivity contribution in [1.82, 2.24) is 10.2 Å². The van der Waals surface area contributed by atoms with Crippen LogP contribution in [0.5, 0.6) is 0 Å². The Kier molecular flexibility index (Phi) is 6.78. The molecular weight excluding hydrogens is 260 g/mol. The van der Waals surface area contributed by atoms with Crippen LogP contribution in [0.1, 0.15) is 33.6 Å². The third-order valence-electron chi connectivity index (χ3n) is 3.34. The second kappa shape index (κ2) is 8.09. The molecule has 20 heavy (non-hydrogen) atoms. The Morgan fingerprint density at radius 1 is 1.40 bits per heavy atom. The van der Waals surface area contributed by atoms with E-state index in [1.807, 2.05) is 20.8 Å². The highest BCUT2D eigenvalue weighted by molar-refractivity contribution is 5.76. The fraction of sp³-hybridized carbons (Fsp3) is 0.857. The van der Waals surface area contributed by atoms with Gasteiger partial charge in [-0.3, -0.25) is 4.79 Å². The summed E-state index contributed by atoms with van der Waals surface area (Å²) < 4.78 is 5.39. The van der Waals surface area contributed by atoms with Gasteiger partial charge in [-0.1, -0.05) is 6.92 Å². The Bertz CT molecular complexity index is 333. The van der Waals surface area contributed by atoms with Gasteiger partial charge in [0.05, 0.1) is 12.0 Å². The van der Waals surface area contributed by atoms with Crippen molar-refractivity contribution in [2.75, 3.05) is 26.2 Å². The van der Waals surface area contributed by atoms with E-state index in [4.69, 9.17) is 9.84 Å². The number of aliphatic carboxylic acids is 1. The van der Waals surface area contributed by atoms with Gasteiger partial charge < -0.3 is 20.1 Å². The number of hydrogen-bond donors (Lipinski definition) is 2. The SMILES string of the molecule is CC1CC(C(=O)O)CN(C(=O)NCCCOC(C)C)C1. The van der Waals surface area contributed by atoms with Gasteiger partial charge in [-0.25, -0.2) is 4.79 Å². The Balaban J connectivity index is 2.29. The van der Waals surface area contributed by atoms with Crippen LogP contribution in [0.25, 0.3) is 0 Å². The highest BCUT2D eigenvalue weighted by Gasteiger charge is 2.31. The van der Waals surface area contributed by atoms with Crippen LogP contribution in [-0.2, 0) is 9.53 Å². The fourth-order valence-corrected chi connectivity index (χ4v) is 2.39. The number of urea groups is 1. The number of carboxylic acid groups (broad SMARTS) is 1. The number of rotatable bonds is 6. The molecule has 1 fully saturated rings. The molecule has 6 heteroatoms. The average Bonchev–Trinajstić information content (AvgIpc) is 2.36. The zero-order chi connectivity index (χ0) is 15.1. The number of nitrogens with one attached hydrogen (secondary N) is 1. The lowest BCUT2D eigenvalue weighted by molar-refractivity contribution is -0.143. The maximum Gasteiger partial charge on any atom is 0.317 e. The van der Waals surface area contributed by atoms with Gasteiger partial charge in [0.15, 0.2) is 0 Å². The minimum atomic E-state index is -0.820. The van der Waals surface area contributed by atoms with Crippen molar-refractivity contribution in [2.24, 2.45) is 11.8 Å². The standard InChI is InChI=1S/C14H26N2O4/c1-10(2)20-6-4-5-15-14(19)16-8-11(3)7-12(9-16)13(17)18/h10-12H,4-9H2,1-3H3,(H,15,19)(H,17,18). The molecule has 2 N–H and O–H groups in total. The van der Waals surface area contributed by atoms with E-state index in [1.165, 1.54) is 0 Å². The van der Waals surface area contributed by atoms with Crippen molar-refractivity contribution in [3.63, 3.8) is 0 Å². The summed E-state index contributed by atoms with van der Waals surface area (Å²) in [6.07, 6.45) is 1.60. The molecular formula is C14H26N2O4. The summed E-state index contributed by atoms with van der Waals surface area (Å²) in [5.74, 6) is -1.05. The van der Waals surface area contributed by atoms with Gasteiger partial charge in [-0.05, 0) is 32.6 Å². The molecule has 0 spiro atoms. The molecule has 1 aliphatic heterocycles. The molecule has 0 aromatic carbocycles. The lowest BCUT2D eigenvalue weighted by Crippen LogP contribution is -2.49. The van der Waals surface area contributed by atoms with Crippen molar-refractivity contribution >= 4 is 12.0 Å². The molecule has 2 unspecified atom stereocenters. The summed E-state index contributed by atoms with van der Waals surface area (Å²) in [6.45, 7) is 8.01. The zero-order valence-electron chi connectivity index (χ0n) is 12.6. The van der Waals surface area contributed by atoms with Gasteiger partial charge in [0, 0.05) is 26.2 Å². The number of carbonyl (C=O) groups is 2. The van der Waals surface area contributed by atoms with Gasteiger partial charge in [0.2, 0.25) is 0 Å². The van der Waals surface area contributed by atoms with Crippen LogP contribution in [-0.4, -0.2) is 54.4 Å². The number of amides is 2. The predicted octanol–water partition coefficient (Wildman–Crippen LogP) is 1.55. The fourth-order valence-electron chi connectivity index (χ4n) is 2.39. The molecule has 1 heterocycles. The van der Waals surface area contributed by atoms with E-state index >= 15 is 0 Å². The van der Waals surface area contributed by atoms with E-state index in [-0.39, 0.29) is 18.1 Å². The summed E-state index contributed by atoms with van der Waals surface area (Å²) in [7, 11) is 0. The van der Waals surface area contributed by atoms with Gasteiger partial charge >= 0.3 is 12.0 Å². The molecule has 0 aromatic heterocycles. The van der Waals surface area contributed by atoms with Crippen molar-refractivity contribution in [3.8, 4) is 0 Å². The van der Waals surface area contributed by atoms with E-state index in [9.17, 15) is 9.59 Å². The molecule has 1 rings (SSSR count). The highest BCUT2D eigenvalue weighted by Crippen LogP contribution is 2.21. The number of likely N-dealkylation sites (tertiary alicyclic amines) is 1. The highest BCUT2D eigenvalue weighted by atomic mass is 16.5. The van der Waals surface area contributed by atoms with E-state index in [1.54, 1.807) is 4.90 Å². The first-order chi connectivity index (χ1) is 9.40. The predicted molar refractivity (Wildman–Crippen MR) is 75.6 cm³/mol. The third-order valence-corrected chi connectivity index (χ3v) is 3.34. The number of nitrogens with zero attached hydrogens (tertiary/aromatic N) is 1. The van der Waals surface area contributed by atoms with Crippen molar-refractivity contribution < 1.29 is 19.4 Å². The van der Waals surface area contributed by atoms with E-state index in [2.05, 4.69) is 5.32 Å². The van der Waals surface area contributed by atoms with Crippen LogP contribution in [0.2, 0.25) is 0 Å². The molecule has 0 aromatic rings. The molecule has 2 amide bonds. The number of ether oxygens (including phenoxy) is 1. The number of carbonyl (C=O) groups excluding carboxylic acids is 1. The second-order valence-corrected chi connectivity index (χ2v) is 5.79. The maximum atomic E-state index is 12.0. The van der Waals surface area contributed by atoms with Crippen LogP contribution in [0.15, 0.2) is 0 Å². The van der Waals surface area contributed by atoms with Gasteiger partial charge in [0.25, 0.3) is 0 Å². The molecule has 0 saturated carbocycles. The Morgan fingerprint density at radius 2 is 2.10 bits per heavy atom. The summed E-state index contributed by atoms with van der Waals surface area (Å²) >= 11 is 0. The van der Waals surface area contributed by atoms with Crippen LogP contribution >= 0.6 is 0 Å². The third kappa shape index (κ3) is 5.77. The van der Waals surface area contributed by atoms with Gasteiger partial charge in [-0.15, -0.1) is 0 Å². The number of piperidine rings is 1. The van der Waals surface area contributed by atoms with E-state index in [0.29, 0.717) is 32.7 Å². The Morgan fingerprint density at radius 3 is 2.70 bits per heavy atom. The molecule has 0 radical (unpaired) electrons. The summed E-state index contributed by atoms with van der Waals surface area (Å²) in [5, 5.41) is 11.9.